The lowest BCUT2D eigenvalue weighted by Gasteiger charge is -2.34. The summed E-state index contributed by atoms with van der Waals surface area (Å²) in [6.45, 7) is 4.69. The lowest BCUT2D eigenvalue weighted by atomic mass is 9.96. The molecule has 2 unspecified atom stereocenters. The van der Waals surface area contributed by atoms with Crippen LogP contribution in [0.2, 0.25) is 0 Å². The molecule has 2 nitrogen and oxygen atoms in total. The Hall–Kier alpha value is -1.02. The largest absolute Gasteiger partial charge is 0.398 e. The van der Waals surface area contributed by atoms with Crippen molar-refractivity contribution in [2.24, 2.45) is 5.92 Å². The van der Waals surface area contributed by atoms with Crippen LogP contribution in [0.3, 0.4) is 0 Å². The van der Waals surface area contributed by atoms with Crippen LogP contribution in [-0.4, -0.2) is 17.5 Å². The molecule has 1 aliphatic heterocycles. The SMILES string of the molecule is CC1CCC(N2CCc3c(N)cccc3C2)C1. The second-order valence-electron chi connectivity index (χ2n) is 5.78. The van der Waals surface area contributed by atoms with E-state index in [4.69, 9.17) is 5.73 Å². The Morgan fingerprint density at radius 3 is 2.94 bits per heavy atom. The molecule has 1 aromatic carbocycles. The Bertz CT molecular complexity index is 413. The van der Waals surface area contributed by atoms with E-state index in [1.807, 2.05) is 6.07 Å². The fourth-order valence-electron chi connectivity index (χ4n) is 3.48. The predicted octanol–water partition coefficient (Wildman–Crippen LogP) is 2.82. The third-order valence-corrected chi connectivity index (χ3v) is 4.52. The summed E-state index contributed by atoms with van der Waals surface area (Å²) in [6.07, 6.45) is 5.31. The molecular formula is C15H22N2. The molecule has 0 amide bonds. The molecule has 0 spiro atoms. The standard InChI is InChI=1S/C15H22N2/c1-11-5-6-13(9-11)17-8-7-14-12(10-17)3-2-4-15(14)16/h2-4,11,13H,5-10,16H2,1H3. The first-order chi connectivity index (χ1) is 8.24. The maximum absolute atomic E-state index is 6.04. The van der Waals surface area contributed by atoms with Crippen LogP contribution in [0.15, 0.2) is 18.2 Å². The minimum atomic E-state index is 0.819. The fourth-order valence-corrected chi connectivity index (χ4v) is 3.48. The van der Waals surface area contributed by atoms with E-state index in [2.05, 4.69) is 24.0 Å². The Morgan fingerprint density at radius 2 is 2.18 bits per heavy atom. The maximum atomic E-state index is 6.04. The van der Waals surface area contributed by atoms with Crippen LogP contribution < -0.4 is 5.73 Å². The zero-order chi connectivity index (χ0) is 11.8. The van der Waals surface area contributed by atoms with E-state index in [1.165, 1.54) is 36.9 Å². The lowest BCUT2D eigenvalue weighted by Crippen LogP contribution is -2.38. The second kappa shape index (κ2) is 4.34. The van der Waals surface area contributed by atoms with E-state index in [0.29, 0.717) is 0 Å². The van der Waals surface area contributed by atoms with Gasteiger partial charge < -0.3 is 5.73 Å². The van der Waals surface area contributed by atoms with Crippen molar-refractivity contribution in [3.8, 4) is 0 Å². The molecule has 0 saturated heterocycles. The van der Waals surface area contributed by atoms with Crippen molar-refractivity contribution < 1.29 is 0 Å². The summed E-state index contributed by atoms with van der Waals surface area (Å²) in [6, 6.07) is 7.19. The molecule has 3 rings (SSSR count). The topological polar surface area (TPSA) is 29.3 Å². The van der Waals surface area contributed by atoms with Gasteiger partial charge in [-0.15, -0.1) is 0 Å². The van der Waals surface area contributed by atoms with E-state index >= 15 is 0 Å². The summed E-state index contributed by atoms with van der Waals surface area (Å²) in [4.78, 5) is 2.67. The van der Waals surface area contributed by atoms with Gasteiger partial charge in [0.15, 0.2) is 0 Å². The van der Waals surface area contributed by atoms with Crippen molar-refractivity contribution in [3.63, 3.8) is 0 Å². The van der Waals surface area contributed by atoms with Crippen LogP contribution in [0, 0.1) is 5.92 Å². The lowest BCUT2D eigenvalue weighted by molar-refractivity contribution is 0.178. The average Bonchev–Trinajstić information content (AvgIpc) is 2.76. The van der Waals surface area contributed by atoms with Crippen LogP contribution in [0.4, 0.5) is 5.69 Å². The number of nitrogens with two attached hydrogens (primary N) is 1. The zero-order valence-electron chi connectivity index (χ0n) is 10.7. The van der Waals surface area contributed by atoms with Gasteiger partial charge in [0.1, 0.15) is 0 Å². The van der Waals surface area contributed by atoms with Gasteiger partial charge in [-0.3, -0.25) is 4.90 Å². The smallest absolute Gasteiger partial charge is 0.0350 e. The Labute approximate surface area is 104 Å². The molecule has 2 atom stereocenters. The second-order valence-corrected chi connectivity index (χ2v) is 5.78. The summed E-state index contributed by atoms with van der Waals surface area (Å²) < 4.78 is 0. The van der Waals surface area contributed by atoms with Gasteiger partial charge in [-0.25, -0.2) is 0 Å². The molecule has 1 fully saturated rings. The molecule has 2 heteroatoms. The van der Waals surface area contributed by atoms with E-state index in [9.17, 15) is 0 Å². The molecule has 1 saturated carbocycles. The molecule has 1 heterocycles. The van der Waals surface area contributed by atoms with Crippen LogP contribution in [-0.2, 0) is 13.0 Å². The Morgan fingerprint density at radius 1 is 1.29 bits per heavy atom. The normalized spacial score (nSPS) is 29.2. The molecule has 17 heavy (non-hydrogen) atoms. The van der Waals surface area contributed by atoms with Crippen molar-refractivity contribution in [2.75, 3.05) is 12.3 Å². The van der Waals surface area contributed by atoms with Crippen molar-refractivity contribution in [1.29, 1.82) is 0 Å². The number of nitrogens with zero attached hydrogens (tertiary/aromatic N) is 1. The van der Waals surface area contributed by atoms with Gasteiger partial charge in [-0.1, -0.05) is 19.1 Å². The fraction of sp³-hybridized carbons (Fsp3) is 0.600. The molecular weight excluding hydrogens is 208 g/mol. The van der Waals surface area contributed by atoms with Crippen LogP contribution >= 0.6 is 0 Å². The first-order valence-corrected chi connectivity index (χ1v) is 6.84. The van der Waals surface area contributed by atoms with Gasteiger partial charge in [-0.2, -0.15) is 0 Å². The summed E-state index contributed by atoms with van der Waals surface area (Å²) in [7, 11) is 0. The minimum absolute atomic E-state index is 0.819. The van der Waals surface area contributed by atoms with Crippen molar-refractivity contribution in [1.82, 2.24) is 4.90 Å². The van der Waals surface area contributed by atoms with Crippen molar-refractivity contribution in [3.05, 3.63) is 29.3 Å². The van der Waals surface area contributed by atoms with Crippen LogP contribution in [0.5, 0.6) is 0 Å². The monoisotopic (exact) mass is 230 g/mol. The molecule has 0 aromatic heterocycles. The number of benzene rings is 1. The quantitative estimate of drug-likeness (QED) is 0.752. The van der Waals surface area contributed by atoms with Crippen molar-refractivity contribution in [2.45, 2.75) is 45.2 Å². The Balaban J connectivity index is 1.77. The number of anilines is 1. The maximum Gasteiger partial charge on any atom is 0.0350 e. The van der Waals surface area contributed by atoms with Crippen LogP contribution in [0.1, 0.15) is 37.3 Å². The van der Waals surface area contributed by atoms with Crippen LogP contribution in [0.25, 0.3) is 0 Å². The van der Waals surface area contributed by atoms with Gasteiger partial charge in [0.25, 0.3) is 0 Å². The minimum Gasteiger partial charge on any atom is -0.398 e. The van der Waals surface area contributed by atoms with Gasteiger partial charge in [0.05, 0.1) is 0 Å². The number of fused-ring (bicyclic) bond motifs is 1. The van der Waals surface area contributed by atoms with E-state index < -0.39 is 0 Å². The first-order valence-electron chi connectivity index (χ1n) is 6.84. The molecule has 2 N–H and O–H groups in total. The summed E-state index contributed by atoms with van der Waals surface area (Å²) in [5, 5.41) is 0. The van der Waals surface area contributed by atoms with E-state index in [-0.39, 0.29) is 0 Å². The summed E-state index contributed by atoms with van der Waals surface area (Å²) >= 11 is 0. The molecule has 2 aliphatic rings. The Kier molecular flexibility index (Phi) is 2.83. The van der Waals surface area contributed by atoms with Crippen molar-refractivity contribution >= 4 is 5.69 Å². The predicted molar refractivity (Wildman–Crippen MR) is 71.8 cm³/mol. The third kappa shape index (κ3) is 2.06. The number of hydrogen-bond donors (Lipinski definition) is 1. The highest BCUT2D eigenvalue weighted by molar-refractivity contribution is 5.51. The average molecular weight is 230 g/mol. The molecule has 0 radical (unpaired) electrons. The highest BCUT2D eigenvalue weighted by Gasteiger charge is 2.29. The molecule has 1 aromatic rings. The zero-order valence-corrected chi connectivity index (χ0v) is 10.7. The molecule has 1 aliphatic carbocycles. The van der Waals surface area contributed by atoms with Gasteiger partial charge in [-0.05, 0) is 48.8 Å². The van der Waals surface area contributed by atoms with E-state index in [0.717, 1.165) is 30.6 Å². The first kappa shape index (κ1) is 11.1. The summed E-state index contributed by atoms with van der Waals surface area (Å²) in [5.41, 5.74) is 9.88. The molecule has 0 bridgehead atoms. The van der Waals surface area contributed by atoms with E-state index in [1.54, 1.807) is 0 Å². The highest BCUT2D eigenvalue weighted by Crippen LogP contribution is 2.33. The van der Waals surface area contributed by atoms with Gasteiger partial charge >= 0.3 is 0 Å². The highest BCUT2D eigenvalue weighted by atomic mass is 15.2. The third-order valence-electron chi connectivity index (χ3n) is 4.52. The molecule has 92 valence electrons. The summed E-state index contributed by atoms with van der Waals surface area (Å²) in [5.74, 6) is 0.919. The van der Waals surface area contributed by atoms with Gasteiger partial charge in [0.2, 0.25) is 0 Å². The number of nitrogen functional groups attached to an aromatic ring is 1. The number of hydrogen-bond acceptors (Lipinski definition) is 2. The van der Waals surface area contributed by atoms with Gasteiger partial charge in [0, 0.05) is 24.8 Å². The number of rotatable bonds is 1.